The molecule has 0 bridgehead atoms. The van der Waals surface area contributed by atoms with Gasteiger partial charge in [0.2, 0.25) is 11.8 Å². The molecule has 2 heterocycles. The van der Waals surface area contributed by atoms with E-state index in [0.29, 0.717) is 5.69 Å². The molecule has 2 aliphatic rings. The minimum Gasteiger partial charge on any atom is -0.466 e. The van der Waals surface area contributed by atoms with Crippen LogP contribution in [0.15, 0.2) is 47.1 Å². The van der Waals surface area contributed by atoms with Crippen molar-refractivity contribution in [2.24, 2.45) is 5.73 Å². The van der Waals surface area contributed by atoms with Crippen LogP contribution in [-0.2, 0) is 43.5 Å². The number of rotatable bonds is 7. The van der Waals surface area contributed by atoms with Crippen molar-refractivity contribution < 1.29 is 38.1 Å². The Labute approximate surface area is 190 Å². The summed E-state index contributed by atoms with van der Waals surface area (Å²) in [5.74, 6) is -4.01. The number of carbonyl (C=O) groups excluding carboxylic acids is 4. The fraction of sp³-hybridized carbons (Fsp3) is 0.391. The van der Waals surface area contributed by atoms with E-state index in [0.717, 1.165) is 0 Å². The van der Waals surface area contributed by atoms with Crippen LogP contribution >= 0.6 is 0 Å². The standard InChI is InChI=1S/C23H26N2O8/c1-5-30-16(26)11-15-17(20(27)31-6-2)23(13-9-7-8-10-14(13)25-22(23)29)18(19(24)33-15)21(28)32-12(3)4/h7-10,12H,5-6,11,24H2,1-4H3,(H,25,29)/t23-/m0/s1. The van der Waals surface area contributed by atoms with E-state index in [1.165, 1.54) is 0 Å². The summed E-state index contributed by atoms with van der Waals surface area (Å²) in [4.78, 5) is 52.4. The van der Waals surface area contributed by atoms with Gasteiger partial charge < -0.3 is 30.0 Å². The average Bonchev–Trinajstić information content (AvgIpc) is 3.00. The van der Waals surface area contributed by atoms with Crippen molar-refractivity contribution in [3.05, 3.63) is 52.6 Å². The Balaban J connectivity index is 2.36. The van der Waals surface area contributed by atoms with Gasteiger partial charge in [-0.05, 0) is 33.8 Å². The first kappa shape index (κ1) is 23.8. The van der Waals surface area contributed by atoms with E-state index >= 15 is 0 Å². The largest absolute Gasteiger partial charge is 0.466 e. The molecular weight excluding hydrogens is 432 g/mol. The molecule has 1 amide bonds. The van der Waals surface area contributed by atoms with Crippen LogP contribution in [0.2, 0.25) is 0 Å². The van der Waals surface area contributed by atoms with E-state index < -0.39 is 47.6 Å². The fourth-order valence-corrected chi connectivity index (χ4v) is 3.97. The quantitative estimate of drug-likeness (QED) is 0.462. The van der Waals surface area contributed by atoms with Crippen LogP contribution in [0, 0.1) is 0 Å². The summed E-state index contributed by atoms with van der Waals surface area (Å²) >= 11 is 0. The first-order chi connectivity index (χ1) is 15.7. The molecule has 0 aliphatic carbocycles. The number of nitrogens with one attached hydrogen (secondary N) is 1. The lowest BCUT2D eigenvalue weighted by atomic mass is 9.67. The third-order valence-corrected chi connectivity index (χ3v) is 5.06. The van der Waals surface area contributed by atoms with E-state index in [9.17, 15) is 19.2 Å². The maximum Gasteiger partial charge on any atom is 0.341 e. The third-order valence-electron chi connectivity index (χ3n) is 5.06. The third kappa shape index (κ3) is 4.04. The highest BCUT2D eigenvalue weighted by Gasteiger charge is 2.62. The molecule has 0 saturated heterocycles. The second kappa shape index (κ2) is 9.35. The molecular formula is C23H26N2O8. The summed E-state index contributed by atoms with van der Waals surface area (Å²) in [6, 6.07) is 6.53. The summed E-state index contributed by atoms with van der Waals surface area (Å²) in [6.07, 6.45) is -1.06. The normalized spacial score (nSPS) is 19.2. The van der Waals surface area contributed by atoms with Crippen molar-refractivity contribution in [3.63, 3.8) is 0 Å². The molecule has 0 unspecified atom stereocenters. The van der Waals surface area contributed by atoms with Crippen LogP contribution < -0.4 is 11.1 Å². The Kier molecular flexibility index (Phi) is 6.75. The highest BCUT2D eigenvalue weighted by molar-refractivity contribution is 6.21. The number of fused-ring (bicyclic) bond motifs is 2. The predicted molar refractivity (Wildman–Crippen MR) is 115 cm³/mol. The van der Waals surface area contributed by atoms with Crippen molar-refractivity contribution in [3.8, 4) is 0 Å². The Bertz CT molecular complexity index is 1070. The molecule has 2 aliphatic heterocycles. The van der Waals surface area contributed by atoms with Crippen LogP contribution in [0.5, 0.6) is 0 Å². The van der Waals surface area contributed by atoms with Crippen LogP contribution in [0.4, 0.5) is 5.69 Å². The van der Waals surface area contributed by atoms with Gasteiger partial charge in [0.15, 0.2) is 0 Å². The van der Waals surface area contributed by atoms with Gasteiger partial charge in [-0.25, -0.2) is 9.59 Å². The molecule has 1 spiro atoms. The highest BCUT2D eigenvalue weighted by atomic mass is 16.6. The lowest BCUT2D eigenvalue weighted by Crippen LogP contribution is -2.49. The number of benzene rings is 1. The Morgan fingerprint density at radius 1 is 1.06 bits per heavy atom. The van der Waals surface area contributed by atoms with Crippen molar-refractivity contribution in [1.82, 2.24) is 0 Å². The van der Waals surface area contributed by atoms with Gasteiger partial charge in [0.05, 0.1) is 19.3 Å². The molecule has 3 N–H and O–H groups in total. The maximum atomic E-state index is 13.6. The van der Waals surface area contributed by atoms with Crippen molar-refractivity contribution >= 4 is 29.5 Å². The number of nitrogens with two attached hydrogens (primary N) is 1. The van der Waals surface area contributed by atoms with E-state index in [4.69, 9.17) is 24.7 Å². The van der Waals surface area contributed by atoms with E-state index in [1.807, 2.05) is 0 Å². The van der Waals surface area contributed by atoms with Gasteiger partial charge in [0, 0.05) is 11.3 Å². The van der Waals surface area contributed by atoms with Crippen molar-refractivity contribution in [1.29, 1.82) is 0 Å². The minimum absolute atomic E-state index is 0.0284. The Hall–Kier alpha value is -3.82. The van der Waals surface area contributed by atoms with E-state index in [1.54, 1.807) is 52.0 Å². The van der Waals surface area contributed by atoms with Gasteiger partial charge in [-0.3, -0.25) is 9.59 Å². The molecule has 0 saturated carbocycles. The van der Waals surface area contributed by atoms with E-state index in [2.05, 4.69) is 5.32 Å². The van der Waals surface area contributed by atoms with Gasteiger partial charge in [-0.1, -0.05) is 18.2 Å². The van der Waals surface area contributed by atoms with Crippen LogP contribution in [0.25, 0.3) is 0 Å². The van der Waals surface area contributed by atoms with Crippen LogP contribution in [-0.4, -0.2) is 43.1 Å². The minimum atomic E-state index is -2.04. The summed E-state index contributed by atoms with van der Waals surface area (Å²) in [7, 11) is 0. The molecule has 1 aromatic rings. The second-order valence-electron chi connectivity index (χ2n) is 7.55. The second-order valence-corrected chi connectivity index (χ2v) is 7.55. The number of ether oxygens (including phenoxy) is 4. The Morgan fingerprint density at radius 3 is 2.36 bits per heavy atom. The zero-order chi connectivity index (χ0) is 24.3. The molecule has 0 aromatic heterocycles. The van der Waals surface area contributed by atoms with E-state index in [-0.39, 0.29) is 35.7 Å². The SMILES string of the molecule is CCOC(=O)CC1=C(C(=O)OCC)[C@]2(C(=O)Nc3ccccc32)C(C(=O)OC(C)C)=C(N)O1. The molecule has 33 heavy (non-hydrogen) atoms. The summed E-state index contributed by atoms with van der Waals surface area (Å²) in [6.45, 7) is 6.52. The molecule has 176 valence electrons. The first-order valence-corrected chi connectivity index (χ1v) is 10.5. The molecule has 3 rings (SSSR count). The molecule has 0 fully saturated rings. The monoisotopic (exact) mass is 458 g/mol. The molecule has 1 atom stereocenters. The summed E-state index contributed by atoms with van der Waals surface area (Å²) in [5, 5.41) is 2.69. The zero-order valence-electron chi connectivity index (χ0n) is 18.9. The molecule has 10 heteroatoms. The number of anilines is 1. The average molecular weight is 458 g/mol. The van der Waals surface area contributed by atoms with Gasteiger partial charge >= 0.3 is 17.9 Å². The van der Waals surface area contributed by atoms with Gasteiger partial charge in [-0.15, -0.1) is 0 Å². The van der Waals surface area contributed by atoms with Gasteiger partial charge in [-0.2, -0.15) is 0 Å². The lowest BCUT2D eigenvalue weighted by Gasteiger charge is -2.36. The summed E-state index contributed by atoms with van der Waals surface area (Å²) < 4.78 is 21.2. The predicted octanol–water partition coefficient (Wildman–Crippen LogP) is 1.80. The van der Waals surface area contributed by atoms with Gasteiger partial charge in [0.1, 0.15) is 28.7 Å². The number of carbonyl (C=O) groups is 4. The zero-order valence-corrected chi connectivity index (χ0v) is 18.9. The van der Waals surface area contributed by atoms with Crippen LogP contribution in [0.3, 0.4) is 0 Å². The molecule has 0 radical (unpaired) electrons. The highest BCUT2D eigenvalue weighted by Crippen LogP contribution is 2.53. The number of hydrogen-bond donors (Lipinski definition) is 2. The topological polar surface area (TPSA) is 143 Å². The fourth-order valence-electron chi connectivity index (χ4n) is 3.97. The molecule has 1 aromatic carbocycles. The van der Waals surface area contributed by atoms with Crippen molar-refractivity contribution in [2.75, 3.05) is 18.5 Å². The Morgan fingerprint density at radius 2 is 1.73 bits per heavy atom. The van der Waals surface area contributed by atoms with Gasteiger partial charge in [0.25, 0.3) is 0 Å². The van der Waals surface area contributed by atoms with Crippen molar-refractivity contribution in [2.45, 2.75) is 45.6 Å². The molecule has 10 nitrogen and oxygen atoms in total. The number of hydrogen-bond acceptors (Lipinski definition) is 9. The van der Waals surface area contributed by atoms with Crippen LogP contribution in [0.1, 0.15) is 39.7 Å². The summed E-state index contributed by atoms with van der Waals surface area (Å²) in [5.41, 5.74) is 4.05. The number of esters is 3. The maximum absolute atomic E-state index is 13.6. The number of para-hydroxylation sites is 1. The number of amides is 1. The first-order valence-electron chi connectivity index (χ1n) is 10.5. The lowest BCUT2D eigenvalue weighted by molar-refractivity contribution is -0.145. The smallest absolute Gasteiger partial charge is 0.341 e.